The molecule has 1 fully saturated rings. The van der Waals surface area contributed by atoms with Gasteiger partial charge in [0.2, 0.25) is 0 Å². The third kappa shape index (κ3) is 4.04. The lowest BCUT2D eigenvalue weighted by atomic mass is 9.99. The third-order valence-corrected chi connectivity index (χ3v) is 4.08. The van der Waals surface area contributed by atoms with Crippen molar-refractivity contribution in [3.05, 3.63) is 52.4 Å². The average Bonchev–Trinajstić information content (AvgIpc) is 3.26. The van der Waals surface area contributed by atoms with E-state index in [1.807, 2.05) is 25.1 Å². The summed E-state index contributed by atoms with van der Waals surface area (Å²) in [5.41, 5.74) is 0.497. The van der Waals surface area contributed by atoms with E-state index in [2.05, 4.69) is 0 Å². The van der Waals surface area contributed by atoms with Gasteiger partial charge in [-0.25, -0.2) is 4.79 Å². The summed E-state index contributed by atoms with van der Waals surface area (Å²) in [7, 11) is 0. The SMILES string of the molecule is C/C(=C\COc1ccc2ccc(=O)oc2c1)C[C@@H]1O[C@H]1C(C)(C)O. The lowest BCUT2D eigenvalue weighted by Crippen LogP contribution is -2.28. The van der Waals surface area contributed by atoms with Crippen molar-refractivity contribution in [1.82, 2.24) is 0 Å². The second kappa shape index (κ2) is 6.42. The molecule has 0 spiro atoms. The molecule has 1 aromatic heterocycles. The van der Waals surface area contributed by atoms with Gasteiger partial charge in [0.05, 0.1) is 11.7 Å². The monoisotopic (exact) mass is 330 g/mol. The van der Waals surface area contributed by atoms with Crippen LogP contribution in [0.5, 0.6) is 5.75 Å². The molecule has 5 nitrogen and oxygen atoms in total. The van der Waals surface area contributed by atoms with Gasteiger partial charge in [0.25, 0.3) is 0 Å². The number of aliphatic hydroxyl groups is 1. The maximum atomic E-state index is 11.3. The predicted octanol–water partition coefficient (Wildman–Crippen LogP) is 3.05. The fraction of sp³-hybridized carbons (Fsp3) is 0.421. The van der Waals surface area contributed by atoms with Crippen LogP contribution in [0.15, 0.2) is 51.2 Å². The number of ether oxygens (including phenoxy) is 2. The first-order chi connectivity index (χ1) is 11.3. The topological polar surface area (TPSA) is 72.2 Å². The van der Waals surface area contributed by atoms with Crippen LogP contribution < -0.4 is 10.4 Å². The molecule has 3 rings (SSSR count). The molecule has 1 N–H and O–H groups in total. The summed E-state index contributed by atoms with van der Waals surface area (Å²) >= 11 is 0. The Labute approximate surface area is 140 Å². The van der Waals surface area contributed by atoms with Crippen LogP contribution in [-0.2, 0) is 4.74 Å². The van der Waals surface area contributed by atoms with E-state index in [1.54, 1.807) is 26.0 Å². The Morgan fingerprint density at radius 1 is 1.33 bits per heavy atom. The molecule has 1 aliphatic heterocycles. The maximum Gasteiger partial charge on any atom is 0.336 e. The Kier molecular flexibility index (Phi) is 4.47. The molecule has 1 aromatic carbocycles. The molecule has 128 valence electrons. The Morgan fingerprint density at radius 2 is 2.08 bits per heavy atom. The van der Waals surface area contributed by atoms with E-state index in [-0.39, 0.29) is 17.8 Å². The minimum atomic E-state index is -0.795. The Morgan fingerprint density at radius 3 is 2.79 bits per heavy atom. The lowest BCUT2D eigenvalue weighted by molar-refractivity contribution is 0.0482. The molecule has 1 saturated heterocycles. The summed E-state index contributed by atoms with van der Waals surface area (Å²) in [5.74, 6) is 0.651. The normalized spacial score (nSPS) is 21.1. The predicted molar refractivity (Wildman–Crippen MR) is 91.3 cm³/mol. The van der Waals surface area contributed by atoms with Crippen molar-refractivity contribution >= 4 is 11.0 Å². The minimum absolute atomic E-state index is 0.0798. The van der Waals surface area contributed by atoms with Gasteiger partial charge in [-0.05, 0) is 51.5 Å². The van der Waals surface area contributed by atoms with Crippen molar-refractivity contribution < 1.29 is 19.0 Å². The van der Waals surface area contributed by atoms with Crippen LogP contribution >= 0.6 is 0 Å². The smallest absolute Gasteiger partial charge is 0.336 e. The van der Waals surface area contributed by atoms with Crippen LogP contribution in [0, 0.1) is 0 Å². The number of hydrogen-bond acceptors (Lipinski definition) is 5. The van der Waals surface area contributed by atoms with E-state index in [9.17, 15) is 9.90 Å². The van der Waals surface area contributed by atoms with Crippen LogP contribution in [-0.4, -0.2) is 29.5 Å². The highest BCUT2D eigenvalue weighted by Crippen LogP contribution is 2.36. The third-order valence-electron chi connectivity index (χ3n) is 4.08. The number of fused-ring (bicyclic) bond motifs is 1. The van der Waals surface area contributed by atoms with Gasteiger partial charge in [0.15, 0.2) is 0 Å². The zero-order valence-corrected chi connectivity index (χ0v) is 14.1. The first kappa shape index (κ1) is 16.7. The largest absolute Gasteiger partial charge is 0.489 e. The molecule has 2 atom stereocenters. The van der Waals surface area contributed by atoms with Gasteiger partial charge < -0.3 is 19.0 Å². The summed E-state index contributed by atoms with van der Waals surface area (Å²) in [5, 5.41) is 10.7. The quantitative estimate of drug-likeness (QED) is 0.501. The molecular weight excluding hydrogens is 308 g/mol. The van der Waals surface area contributed by atoms with E-state index in [0.717, 1.165) is 17.4 Å². The van der Waals surface area contributed by atoms with Gasteiger partial charge in [0.1, 0.15) is 24.0 Å². The molecular formula is C19H22O5. The number of rotatable bonds is 6. The molecule has 24 heavy (non-hydrogen) atoms. The average molecular weight is 330 g/mol. The molecule has 0 aliphatic carbocycles. The van der Waals surface area contributed by atoms with Crippen LogP contribution in [0.1, 0.15) is 27.2 Å². The standard InChI is InChI=1S/C19H22O5/c1-12(10-16-18(24-16)19(2,3)21)8-9-22-14-6-4-13-5-7-17(20)23-15(13)11-14/h4-8,11,16,18,21H,9-10H2,1-3H3/b12-8+/t16-,18+/m0/s1. The fourth-order valence-corrected chi connectivity index (χ4v) is 2.73. The van der Waals surface area contributed by atoms with Crippen molar-refractivity contribution in [1.29, 1.82) is 0 Å². The van der Waals surface area contributed by atoms with Crippen molar-refractivity contribution in [2.75, 3.05) is 6.61 Å². The summed E-state index contributed by atoms with van der Waals surface area (Å²) < 4.78 is 16.3. The second-order valence-corrected chi connectivity index (χ2v) is 6.77. The first-order valence-electron chi connectivity index (χ1n) is 8.03. The molecule has 1 aliphatic rings. The summed E-state index contributed by atoms with van der Waals surface area (Å²) in [6.45, 7) is 5.97. The molecule has 0 bridgehead atoms. The Balaban J connectivity index is 1.55. The highest BCUT2D eigenvalue weighted by atomic mass is 16.6. The zero-order chi connectivity index (χ0) is 17.3. The fourth-order valence-electron chi connectivity index (χ4n) is 2.73. The van der Waals surface area contributed by atoms with Gasteiger partial charge >= 0.3 is 5.63 Å². The number of epoxide rings is 1. The van der Waals surface area contributed by atoms with Gasteiger partial charge in [-0.2, -0.15) is 0 Å². The summed E-state index contributed by atoms with van der Waals surface area (Å²) in [4.78, 5) is 11.3. The Bertz CT molecular complexity index is 812. The summed E-state index contributed by atoms with van der Waals surface area (Å²) in [6, 6.07) is 8.55. The summed E-state index contributed by atoms with van der Waals surface area (Å²) in [6.07, 6.45) is 2.76. The molecule has 0 amide bonds. The van der Waals surface area contributed by atoms with Gasteiger partial charge in [-0.1, -0.05) is 5.57 Å². The van der Waals surface area contributed by atoms with Gasteiger partial charge in [0, 0.05) is 17.5 Å². The first-order valence-corrected chi connectivity index (χ1v) is 8.03. The maximum absolute atomic E-state index is 11.3. The zero-order valence-electron chi connectivity index (χ0n) is 14.1. The van der Waals surface area contributed by atoms with Crippen LogP contribution in [0.3, 0.4) is 0 Å². The van der Waals surface area contributed by atoms with E-state index in [1.165, 1.54) is 6.07 Å². The van der Waals surface area contributed by atoms with Crippen LogP contribution in [0.4, 0.5) is 0 Å². The van der Waals surface area contributed by atoms with Gasteiger partial charge in [-0.15, -0.1) is 0 Å². The van der Waals surface area contributed by atoms with E-state index >= 15 is 0 Å². The highest BCUT2D eigenvalue weighted by molar-refractivity contribution is 5.77. The van der Waals surface area contributed by atoms with Crippen molar-refractivity contribution in [3.8, 4) is 5.75 Å². The van der Waals surface area contributed by atoms with E-state index < -0.39 is 5.60 Å². The van der Waals surface area contributed by atoms with Crippen molar-refractivity contribution in [2.24, 2.45) is 0 Å². The lowest BCUT2D eigenvalue weighted by Gasteiger charge is -2.13. The van der Waals surface area contributed by atoms with Crippen molar-refractivity contribution in [2.45, 2.75) is 45.0 Å². The number of hydrogen-bond donors (Lipinski definition) is 1. The Hall–Kier alpha value is -2.11. The molecule has 0 unspecified atom stereocenters. The van der Waals surface area contributed by atoms with E-state index in [4.69, 9.17) is 13.9 Å². The van der Waals surface area contributed by atoms with Crippen LogP contribution in [0.2, 0.25) is 0 Å². The number of benzene rings is 1. The molecule has 2 aromatic rings. The minimum Gasteiger partial charge on any atom is -0.489 e. The molecule has 2 heterocycles. The molecule has 0 radical (unpaired) electrons. The molecule has 5 heteroatoms. The van der Waals surface area contributed by atoms with Crippen molar-refractivity contribution in [3.63, 3.8) is 0 Å². The van der Waals surface area contributed by atoms with E-state index in [0.29, 0.717) is 17.9 Å². The van der Waals surface area contributed by atoms with Crippen LogP contribution in [0.25, 0.3) is 11.0 Å². The highest BCUT2D eigenvalue weighted by Gasteiger charge is 2.48. The second-order valence-electron chi connectivity index (χ2n) is 6.77. The molecule has 0 saturated carbocycles. The van der Waals surface area contributed by atoms with Gasteiger partial charge in [-0.3, -0.25) is 0 Å².